The van der Waals surface area contributed by atoms with E-state index in [9.17, 15) is 4.79 Å². The van der Waals surface area contributed by atoms with Crippen LogP contribution in [0.3, 0.4) is 0 Å². The van der Waals surface area contributed by atoms with Crippen LogP contribution in [0.5, 0.6) is 5.75 Å². The molecule has 0 atom stereocenters. The highest BCUT2D eigenvalue weighted by Crippen LogP contribution is 2.22. The van der Waals surface area contributed by atoms with Crippen molar-refractivity contribution >= 4 is 6.29 Å². The van der Waals surface area contributed by atoms with Gasteiger partial charge in [-0.15, -0.1) is 12.3 Å². The number of terminal acetylenes is 1. The molecular formula is C11H10O2. The largest absolute Gasteiger partial charge is 0.496 e. The van der Waals surface area contributed by atoms with E-state index >= 15 is 0 Å². The summed E-state index contributed by atoms with van der Waals surface area (Å²) in [6.07, 6.45) is 6.42. The Labute approximate surface area is 77.5 Å². The molecule has 0 saturated heterocycles. The maximum absolute atomic E-state index is 10.6. The molecule has 0 unspecified atom stereocenters. The molecular weight excluding hydrogens is 164 g/mol. The number of rotatable bonds is 3. The topological polar surface area (TPSA) is 26.3 Å². The second kappa shape index (κ2) is 4.32. The molecule has 2 nitrogen and oxygen atoms in total. The summed E-state index contributed by atoms with van der Waals surface area (Å²) in [5.41, 5.74) is 1.41. The molecule has 0 saturated carbocycles. The van der Waals surface area contributed by atoms with E-state index in [0.717, 1.165) is 11.8 Å². The van der Waals surface area contributed by atoms with Crippen molar-refractivity contribution in [2.75, 3.05) is 7.11 Å². The average Bonchev–Trinajstić information content (AvgIpc) is 2.18. The summed E-state index contributed by atoms with van der Waals surface area (Å²) in [5.74, 6) is 3.09. The van der Waals surface area contributed by atoms with Crippen molar-refractivity contribution in [1.82, 2.24) is 0 Å². The first-order chi connectivity index (χ1) is 6.33. The van der Waals surface area contributed by atoms with Crippen LogP contribution in [0, 0.1) is 12.3 Å². The minimum Gasteiger partial charge on any atom is -0.496 e. The maximum Gasteiger partial charge on any atom is 0.153 e. The normalized spacial score (nSPS) is 8.92. The van der Waals surface area contributed by atoms with Gasteiger partial charge in [0.1, 0.15) is 5.75 Å². The van der Waals surface area contributed by atoms with Gasteiger partial charge in [0.15, 0.2) is 6.29 Å². The molecule has 0 amide bonds. The molecule has 0 fully saturated rings. The van der Waals surface area contributed by atoms with Crippen molar-refractivity contribution in [2.24, 2.45) is 0 Å². The zero-order valence-corrected chi connectivity index (χ0v) is 7.41. The number of benzene rings is 1. The Bertz CT molecular complexity index is 348. The van der Waals surface area contributed by atoms with Crippen molar-refractivity contribution in [3.8, 4) is 18.1 Å². The summed E-state index contributed by atoms with van der Waals surface area (Å²) in [6.45, 7) is 0. The van der Waals surface area contributed by atoms with E-state index in [2.05, 4.69) is 5.92 Å². The molecule has 0 N–H and O–H groups in total. The fourth-order valence-corrected chi connectivity index (χ4v) is 1.20. The van der Waals surface area contributed by atoms with Crippen LogP contribution < -0.4 is 4.74 Å². The van der Waals surface area contributed by atoms with E-state index < -0.39 is 0 Å². The lowest BCUT2D eigenvalue weighted by Gasteiger charge is -2.07. The fraction of sp³-hybridized carbons (Fsp3) is 0.182. The van der Waals surface area contributed by atoms with Crippen LogP contribution in [-0.4, -0.2) is 13.4 Å². The highest BCUT2D eigenvalue weighted by molar-refractivity contribution is 5.80. The summed E-state index contributed by atoms with van der Waals surface area (Å²) in [5, 5.41) is 0. The molecule has 0 radical (unpaired) electrons. The molecule has 13 heavy (non-hydrogen) atoms. The highest BCUT2D eigenvalue weighted by atomic mass is 16.5. The van der Waals surface area contributed by atoms with Crippen molar-refractivity contribution in [3.05, 3.63) is 29.3 Å². The Morgan fingerprint density at radius 3 is 2.92 bits per heavy atom. The molecule has 1 aromatic carbocycles. The number of hydrogen-bond donors (Lipinski definition) is 0. The van der Waals surface area contributed by atoms with Crippen LogP contribution in [0.1, 0.15) is 15.9 Å². The van der Waals surface area contributed by atoms with Gasteiger partial charge in [-0.05, 0) is 6.07 Å². The Morgan fingerprint density at radius 1 is 1.62 bits per heavy atom. The van der Waals surface area contributed by atoms with Gasteiger partial charge in [-0.2, -0.15) is 0 Å². The number of hydrogen-bond acceptors (Lipinski definition) is 2. The first-order valence-electron chi connectivity index (χ1n) is 3.88. The van der Waals surface area contributed by atoms with Crippen LogP contribution >= 0.6 is 0 Å². The predicted molar refractivity (Wildman–Crippen MR) is 50.9 cm³/mol. The van der Waals surface area contributed by atoms with Gasteiger partial charge in [-0.3, -0.25) is 4.79 Å². The third-order valence-corrected chi connectivity index (χ3v) is 1.75. The minimum absolute atomic E-state index is 0.477. The van der Waals surface area contributed by atoms with Gasteiger partial charge in [0, 0.05) is 12.0 Å². The van der Waals surface area contributed by atoms with Gasteiger partial charge in [-0.1, -0.05) is 12.1 Å². The number of carbonyl (C=O) groups is 1. The number of carbonyl (C=O) groups excluding carboxylic acids is 1. The van der Waals surface area contributed by atoms with Crippen LogP contribution in [0.25, 0.3) is 0 Å². The van der Waals surface area contributed by atoms with Gasteiger partial charge < -0.3 is 4.74 Å². The third-order valence-electron chi connectivity index (χ3n) is 1.75. The average molecular weight is 174 g/mol. The SMILES string of the molecule is C#CCc1cccc(C=O)c1OC. The van der Waals surface area contributed by atoms with Crippen molar-refractivity contribution < 1.29 is 9.53 Å². The van der Waals surface area contributed by atoms with E-state index in [-0.39, 0.29) is 0 Å². The second-order valence-corrected chi connectivity index (χ2v) is 2.54. The van der Waals surface area contributed by atoms with Gasteiger partial charge in [-0.25, -0.2) is 0 Å². The standard InChI is InChI=1S/C11H10O2/c1-3-5-9-6-4-7-10(8-12)11(9)13-2/h1,4,6-8H,5H2,2H3. The van der Waals surface area contributed by atoms with Crippen molar-refractivity contribution in [2.45, 2.75) is 6.42 Å². The predicted octanol–water partition coefficient (Wildman–Crippen LogP) is 1.68. The number of para-hydroxylation sites is 1. The first kappa shape index (κ1) is 9.34. The maximum atomic E-state index is 10.6. The first-order valence-corrected chi connectivity index (χ1v) is 3.88. The molecule has 0 aliphatic carbocycles. The van der Waals surface area contributed by atoms with E-state index in [1.807, 2.05) is 6.07 Å². The lowest BCUT2D eigenvalue weighted by Crippen LogP contribution is -1.95. The summed E-state index contributed by atoms with van der Waals surface area (Å²) in [6, 6.07) is 5.34. The van der Waals surface area contributed by atoms with Crippen LogP contribution in [0.4, 0.5) is 0 Å². The molecule has 0 aliphatic heterocycles. The van der Waals surface area contributed by atoms with Crippen LogP contribution in [0.2, 0.25) is 0 Å². The molecule has 0 aromatic heterocycles. The van der Waals surface area contributed by atoms with Gasteiger partial charge >= 0.3 is 0 Å². The van der Waals surface area contributed by atoms with Crippen LogP contribution in [0.15, 0.2) is 18.2 Å². The third kappa shape index (κ3) is 1.88. The van der Waals surface area contributed by atoms with Gasteiger partial charge in [0.05, 0.1) is 12.7 Å². The summed E-state index contributed by atoms with van der Waals surface area (Å²) in [7, 11) is 1.53. The molecule has 0 bridgehead atoms. The van der Waals surface area contributed by atoms with Crippen molar-refractivity contribution in [1.29, 1.82) is 0 Å². The smallest absolute Gasteiger partial charge is 0.153 e. The molecule has 0 spiro atoms. The zero-order chi connectivity index (χ0) is 9.68. The molecule has 0 heterocycles. The van der Waals surface area contributed by atoms with Crippen LogP contribution in [-0.2, 0) is 6.42 Å². The fourth-order valence-electron chi connectivity index (χ4n) is 1.20. The summed E-state index contributed by atoms with van der Waals surface area (Å²) in [4.78, 5) is 10.6. The van der Waals surface area contributed by atoms with Crippen molar-refractivity contribution in [3.63, 3.8) is 0 Å². The molecule has 2 heteroatoms. The van der Waals surface area contributed by atoms with E-state index in [4.69, 9.17) is 11.2 Å². The number of aldehydes is 1. The summed E-state index contributed by atoms with van der Waals surface area (Å²) < 4.78 is 5.09. The second-order valence-electron chi connectivity index (χ2n) is 2.54. The monoisotopic (exact) mass is 174 g/mol. The Hall–Kier alpha value is -1.75. The van der Waals surface area contributed by atoms with E-state index in [1.165, 1.54) is 7.11 Å². The Morgan fingerprint density at radius 2 is 2.38 bits per heavy atom. The quantitative estimate of drug-likeness (QED) is 0.514. The summed E-state index contributed by atoms with van der Waals surface area (Å²) >= 11 is 0. The molecule has 66 valence electrons. The molecule has 1 aromatic rings. The molecule has 1 rings (SSSR count). The lowest BCUT2D eigenvalue weighted by molar-refractivity contribution is 0.112. The minimum atomic E-state index is 0.477. The van der Waals surface area contributed by atoms with E-state index in [1.54, 1.807) is 12.1 Å². The highest BCUT2D eigenvalue weighted by Gasteiger charge is 2.06. The number of methoxy groups -OCH3 is 1. The Balaban J connectivity index is 3.20. The Kier molecular flexibility index (Phi) is 3.10. The molecule has 0 aliphatic rings. The zero-order valence-electron chi connectivity index (χ0n) is 7.41. The lowest BCUT2D eigenvalue weighted by atomic mass is 10.1. The van der Waals surface area contributed by atoms with Gasteiger partial charge in [0.2, 0.25) is 0 Å². The van der Waals surface area contributed by atoms with Gasteiger partial charge in [0.25, 0.3) is 0 Å². The number of ether oxygens (including phenoxy) is 1. The van der Waals surface area contributed by atoms with E-state index in [0.29, 0.717) is 17.7 Å².